The van der Waals surface area contributed by atoms with Gasteiger partial charge in [-0.3, -0.25) is 10.2 Å². The van der Waals surface area contributed by atoms with E-state index in [0.717, 1.165) is 0 Å². The number of carbonyl (C=O) groups excluding carboxylic acids is 2. The topological polar surface area (TPSA) is 111 Å². The first-order valence-electron chi connectivity index (χ1n) is 8.42. The van der Waals surface area contributed by atoms with Gasteiger partial charge < -0.3 is 15.8 Å². The molecule has 0 aliphatic rings. The Bertz CT molecular complexity index is 1020. The van der Waals surface area contributed by atoms with Gasteiger partial charge in [0.2, 0.25) is 5.91 Å². The summed E-state index contributed by atoms with van der Waals surface area (Å²) >= 11 is 0. The van der Waals surface area contributed by atoms with Crippen molar-refractivity contribution in [3.05, 3.63) is 59.7 Å². The zero-order valence-electron chi connectivity index (χ0n) is 14.7. The van der Waals surface area contributed by atoms with E-state index in [1.54, 1.807) is 18.2 Å². The number of aryl methyl sites for hydroxylation is 1. The number of fused-ring (bicyclic) bond motifs is 1. The second kappa shape index (κ2) is 8.05. The number of aliphatic hydroxyl groups is 1. The standard InChI is InChI=1S/C19H18F2N4O3/c20-12-3-1-11(2-4-12)18-14(15-9-13(21)5-7-16(15)23-18)6-8-17(27)24-25(10-26)19(22)28/h1-5,7,9,23,26H,6,8,10H2,(H2,22,28)(H,24,27). The molecule has 146 valence electrons. The number of urea groups is 1. The molecular weight excluding hydrogens is 370 g/mol. The van der Waals surface area contributed by atoms with Crippen molar-refractivity contribution in [2.45, 2.75) is 12.8 Å². The van der Waals surface area contributed by atoms with Gasteiger partial charge in [0.05, 0.1) is 0 Å². The van der Waals surface area contributed by atoms with Gasteiger partial charge in [-0.25, -0.2) is 18.6 Å². The summed E-state index contributed by atoms with van der Waals surface area (Å²) in [6.07, 6.45) is 0.154. The van der Waals surface area contributed by atoms with E-state index in [9.17, 15) is 18.4 Å². The predicted octanol–water partition coefficient (Wildman–Crippen LogP) is 2.41. The number of aromatic amines is 1. The van der Waals surface area contributed by atoms with E-state index in [-0.39, 0.29) is 18.7 Å². The van der Waals surface area contributed by atoms with E-state index in [1.807, 2.05) is 0 Å². The average Bonchev–Trinajstić information content (AvgIpc) is 3.02. The molecule has 9 heteroatoms. The minimum Gasteiger partial charge on any atom is -0.374 e. The number of carbonyl (C=O) groups is 2. The number of nitrogens with one attached hydrogen (secondary N) is 2. The molecule has 0 spiro atoms. The van der Waals surface area contributed by atoms with Crippen LogP contribution in [0.2, 0.25) is 0 Å². The Kier molecular flexibility index (Phi) is 5.55. The molecule has 28 heavy (non-hydrogen) atoms. The molecule has 3 rings (SSSR count). The monoisotopic (exact) mass is 388 g/mol. The van der Waals surface area contributed by atoms with Crippen molar-refractivity contribution in [2.75, 3.05) is 6.73 Å². The number of amides is 3. The number of hydrogen-bond acceptors (Lipinski definition) is 3. The summed E-state index contributed by atoms with van der Waals surface area (Å²) in [6, 6.07) is 9.04. The third-order valence-electron chi connectivity index (χ3n) is 4.27. The molecule has 7 nitrogen and oxygen atoms in total. The minimum atomic E-state index is -1.00. The molecule has 0 saturated heterocycles. The molecule has 0 fully saturated rings. The Morgan fingerprint density at radius 1 is 1.11 bits per heavy atom. The maximum absolute atomic E-state index is 13.8. The molecule has 0 saturated carbocycles. The van der Waals surface area contributed by atoms with Crippen molar-refractivity contribution in [3.63, 3.8) is 0 Å². The van der Waals surface area contributed by atoms with E-state index in [4.69, 9.17) is 10.8 Å². The largest absolute Gasteiger partial charge is 0.374 e. The number of aromatic nitrogens is 1. The molecule has 0 atom stereocenters. The normalized spacial score (nSPS) is 10.8. The first kappa shape index (κ1) is 19.3. The minimum absolute atomic E-state index is 0.0541. The maximum atomic E-state index is 13.8. The van der Waals surface area contributed by atoms with Gasteiger partial charge in [-0.1, -0.05) is 0 Å². The number of halogens is 2. The van der Waals surface area contributed by atoms with Crippen LogP contribution in [0.15, 0.2) is 42.5 Å². The van der Waals surface area contributed by atoms with Crippen LogP contribution in [0.25, 0.3) is 22.2 Å². The van der Waals surface area contributed by atoms with Gasteiger partial charge in [0.15, 0.2) is 0 Å². The van der Waals surface area contributed by atoms with Gasteiger partial charge in [-0.05, 0) is 60.0 Å². The fourth-order valence-electron chi connectivity index (χ4n) is 2.95. The summed E-state index contributed by atoms with van der Waals surface area (Å²) in [6.45, 7) is -0.764. The summed E-state index contributed by atoms with van der Waals surface area (Å²) in [7, 11) is 0. The molecule has 0 aliphatic carbocycles. The van der Waals surface area contributed by atoms with Gasteiger partial charge in [0.1, 0.15) is 18.4 Å². The van der Waals surface area contributed by atoms with Crippen LogP contribution in [0.3, 0.4) is 0 Å². The second-order valence-electron chi connectivity index (χ2n) is 6.12. The van der Waals surface area contributed by atoms with Crippen molar-refractivity contribution < 1.29 is 23.5 Å². The maximum Gasteiger partial charge on any atom is 0.335 e. The van der Waals surface area contributed by atoms with Gasteiger partial charge in [-0.2, -0.15) is 0 Å². The van der Waals surface area contributed by atoms with Crippen LogP contribution in [-0.2, 0) is 11.2 Å². The first-order valence-corrected chi connectivity index (χ1v) is 8.42. The second-order valence-corrected chi connectivity index (χ2v) is 6.12. The lowest BCUT2D eigenvalue weighted by Gasteiger charge is -2.18. The van der Waals surface area contributed by atoms with E-state index < -0.39 is 24.5 Å². The number of benzene rings is 2. The Hall–Kier alpha value is -3.46. The number of primary amides is 1. The van der Waals surface area contributed by atoms with Crippen LogP contribution < -0.4 is 11.2 Å². The number of nitrogens with zero attached hydrogens (tertiary/aromatic N) is 1. The van der Waals surface area contributed by atoms with Crippen molar-refractivity contribution in [1.82, 2.24) is 15.4 Å². The fraction of sp³-hybridized carbons (Fsp3) is 0.158. The quantitative estimate of drug-likeness (QED) is 0.398. The summed E-state index contributed by atoms with van der Waals surface area (Å²) < 4.78 is 27.0. The van der Waals surface area contributed by atoms with Crippen LogP contribution in [0.4, 0.5) is 13.6 Å². The summed E-state index contributed by atoms with van der Waals surface area (Å²) in [5, 5.41) is 10.2. The van der Waals surface area contributed by atoms with Crippen LogP contribution in [0, 0.1) is 11.6 Å². The molecular formula is C19H18F2N4O3. The zero-order chi connectivity index (χ0) is 20.3. The van der Waals surface area contributed by atoms with E-state index in [2.05, 4.69) is 10.4 Å². The van der Waals surface area contributed by atoms with Gasteiger partial charge >= 0.3 is 6.03 Å². The highest BCUT2D eigenvalue weighted by molar-refractivity contribution is 5.91. The van der Waals surface area contributed by atoms with Gasteiger partial charge in [-0.15, -0.1) is 0 Å². The number of hydrazine groups is 1. The Morgan fingerprint density at radius 2 is 1.79 bits per heavy atom. The number of nitrogens with two attached hydrogens (primary N) is 1. The zero-order valence-corrected chi connectivity index (χ0v) is 14.7. The summed E-state index contributed by atoms with van der Waals surface area (Å²) in [4.78, 5) is 26.4. The number of H-pyrrole nitrogens is 1. The Morgan fingerprint density at radius 3 is 2.43 bits per heavy atom. The van der Waals surface area contributed by atoms with Crippen LogP contribution in [-0.4, -0.2) is 33.8 Å². The number of hydrogen-bond donors (Lipinski definition) is 4. The lowest BCUT2D eigenvalue weighted by molar-refractivity contribution is -0.126. The van der Waals surface area contributed by atoms with Gasteiger partial charge in [0.25, 0.3) is 0 Å². The lowest BCUT2D eigenvalue weighted by Crippen LogP contribution is -2.49. The highest BCUT2D eigenvalue weighted by atomic mass is 19.1. The van der Waals surface area contributed by atoms with Crippen molar-refractivity contribution >= 4 is 22.8 Å². The predicted molar refractivity (Wildman–Crippen MR) is 98.6 cm³/mol. The highest BCUT2D eigenvalue weighted by Crippen LogP contribution is 2.32. The molecule has 2 aromatic carbocycles. The molecule has 0 aliphatic heterocycles. The van der Waals surface area contributed by atoms with E-state index in [1.165, 1.54) is 24.3 Å². The Balaban J connectivity index is 1.91. The average molecular weight is 388 g/mol. The molecule has 3 amide bonds. The van der Waals surface area contributed by atoms with Crippen molar-refractivity contribution in [3.8, 4) is 11.3 Å². The molecule has 0 bridgehead atoms. The summed E-state index contributed by atoms with van der Waals surface area (Å²) in [5.74, 6) is -1.37. The smallest absolute Gasteiger partial charge is 0.335 e. The third-order valence-corrected chi connectivity index (χ3v) is 4.27. The van der Waals surface area contributed by atoms with Gasteiger partial charge in [0, 0.05) is 23.0 Å². The highest BCUT2D eigenvalue weighted by Gasteiger charge is 2.17. The number of aliphatic hydroxyl groups excluding tert-OH is 1. The molecule has 0 unspecified atom stereocenters. The van der Waals surface area contributed by atoms with Crippen molar-refractivity contribution in [1.29, 1.82) is 0 Å². The molecule has 0 radical (unpaired) electrons. The molecule has 1 aromatic heterocycles. The first-order chi connectivity index (χ1) is 13.4. The van der Waals surface area contributed by atoms with Crippen LogP contribution in [0.1, 0.15) is 12.0 Å². The summed E-state index contributed by atoms with van der Waals surface area (Å²) in [5.41, 5.74) is 9.88. The van der Waals surface area contributed by atoms with E-state index >= 15 is 0 Å². The SMILES string of the molecule is NC(=O)N(CO)NC(=O)CCc1c(-c2ccc(F)cc2)[nH]c2ccc(F)cc12. The molecule has 3 aromatic rings. The van der Waals surface area contributed by atoms with Crippen molar-refractivity contribution in [2.24, 2.45) is 5.73 Å². The molecule has 5 N–H and O–H groups in total. The fourth-order valence-corrected chi connectivity index (χ4v) is 2.95. The van der Waals surface area contributed by atoms with Crippen LogP contribution in [0.5, 0.6) is 0 Å². The Labute approximate surface area is 158 Å². The van der Waals surface area contributed by atoms with E-state index in [0.29, 0.717) is 32.7 Å². The molecule has 1 heterocycles. The third kappa shape index (κ3) is 4.09. The lowest BCUT2D eigenvalue weighted by atomic mass is 10.0. The number of rotatable bonds is 5. The van der Waals surface area contributed by atoms with Crippen LogP contribution >= 0.6 is 0 Å².